The fourth-order valence-electron chi connectivity index (χ4n) is 5.20. The van der Waals surface area contributed by atoms with Crippen LogP contribution in [0.5, 0.6) is 11.5 Å². The second-order valence-electron chi connectivity index (χ2n) is 10.7. The summed E-state index contributed by atoms with van der Waals surface area (Å²) in [6.45, 7) is 2.09. The fourth-order valence-corrected chi connectivity index (χ4v) is 9.86. The van der Waals surface area contributed by atoms with Crippen LogP contribution in [0.1, 0.15) is 30.9 Å². The first kappa shape index (κ1) is 33.7. The predicted octanol–water partition coefficient (Wildman–Crippen LogP) is 3.27. The summed E-state index contributed by atoms with van der Waals surface area (Å²) in [6, 6.07) is 17.0. The highest BCUT2D eigenvalue weighted by Gasteiger charge is 2.38. The molecular weight excluding hydrogens is 747 g/mol. The van der Waals surface area contributed by atoms with E-state index in [1.165, 1.54) is 24.9 Å². The van der Waals surface area contributed by atoms with Gasteiger partial charge in [0.05, 0.1) is 36.5 Å². The minimum atomic E-state index is -4.47. The molecule has 244 valence electrons. The van der Waals surface area contributed by atoms with E-state index in [0.29, 0.717) is 20.6 Å². The van der Waals surface area contributed by atoms with Crippen LogP contribution in [-0.2, 0) is 37.7 Å². The Morgan fingerprint density at radius 1 is 0.913 bits per heavy atom. The Balaban J connectivity index is 1.56. The van der Waals surface area contributed by atoms with Crippen LogP contribution >= 0.6 is 22.6 Å². The van der Waals surface area contributed by atoms with Crippen molar-refractivity contribution < 1.29 is 31.1 Å². The third-order valence-corrected chi connectivity index (χ3v) is 12.6. The molecule has 13 nitrogen and oxygen atoms in total. The number of hydrogen-bond donors (Lipinski definition) is 1. The molecule has 0 saturated carbocycles. The number of nitrogens with zero attached hydrogens (tertiary/aromatic N) is 5. The van der Waals surface area contributed by atoms with Crippen molar-refractivity contribution in [1.82, 2.24) is 29.8 Å². The van der Waals surface area contributed by atoms with Gasteiger partial charge in [0, 0.05) is 30.1 Å². The molecule has 4 aromatic rings. The van der Waals surface area contributed by atoms with Crippen LogP contribution in [-0.4, -0.2) is 80.4 Å². The van der Waals surface area contributed by atoms with Crippen molar-refractivity contribution >= 4 is 48.4 Å². The molecule has 1 aliphatic heterocycles. The molecule has 0 radical (unpaired) electrons. The van der Waals surface area contributed by atoms with Gasteiger partial charge in [-0.05, 0) is 88.2 Å². The molecule has 1 fully saturated rings. The third kappa shape index (κ3) is 7.34. The highest BCUT2D eigenvalue weighted by atomic mass is 127. The molecule has 2 heterocycles. The molecule has 1 aliphatic rings. The summed E-state index contributed by atoms with van der Waals surface area (Å²) in [4.78, 5) is 14.0. The second kappa shape index (κ2) is 14.0. The molecule has 1 aromatic heterocycles. The van der Waals surface area contributed by atoms with Crippen molar-refractivity contribution in [2.24, 2.45) is 0 Å². The predicted molar refractivity (Wildman–Crippen MR) is 178 cm³/mol. The van der Waals surface area contributed by atoms with E-state index >= 15 is 0 Å². The van der Waals surface area contributed by atoms with Crippen LogP contribution in [0.15, 0.2) is 70.5 Å². The molecule has 3 aromatic carbocycles. The van der Waals surface area contributed by atoms with Gasteiger partial charge in [-0.3, -0.25) is 4.79 Å². The highest BCUT2D eigenvalue weighted by Crippen LogP contribution is 2.38. The normalized spacial score (nSPS) is 14.3. The molecule has 1 saturated heterocycles. The van der Waals surface area contributed by atoms with Crippen molar-refractivity contribution in [2.45, 2.75) is 47.9 Å². The van der Waals surface area contributed by atoms with Gasteiger partial charge in [0.15, 0.2) is 9.84 Å². The zero-order valence-corrected chi connectivity index (χ0v) is 29.2. The van der Waals surface area contributed by atoms with Crippen molar-refractivity contribution in [3.8, 4) is 22.9 Å². The molecule has 0 unspecified atom stereocenters. The Labute approximate surface area is 281 Å². The number of aromatic nitrogens is 4. The lowest BCUT2D eigenvalue weighted by molar-refractivity contribution is -0.129. The van der Waals surface area contributed by atoms with Gasteiger partial charge < -0.3 is 14.4 Å². The Morgan fingerprint density at radius 2 is 1.50 bits per heavy atom. The number of methoxy groups -OCH3 is 2. The quantitative estimate of drug-likeness (QED) is 0.224. The van der Waals surface area contributed by atoms with Crippen LogP contribution in [0.3, 0.4) is 0 Å². The van der Waals surface area contributed by atoms with Crippen LogP contribution < -0.4 is 14.2 Å². The average molecular weight is 781 g/mol. The second-order valence-corrected chi connectivity index (χ2v) is 15.7. The molecule has 16 heteroatoms. The lowest BCUT2D eigenvalue weighted by atomic mass is 10.1. The fraction of sp³-hybridized carbons (Fsp3) is 0.333. The monoisotopic (exact) mass is 780 g/mol. The van der Waals surface area contributed by atoms with Crippen LogP contribution in [0.4, 0.5) is 0 Å². The van der Waals surface area contributed by atoms with E-state index in [1.807, 2.05) is 34.7 Å². The average Bonchev–Trinajstić information content (AvgIpc) is 3.52. The summed E-state index contributed by atoms with van der Waals surface area (Å²) in [5.41, 5.74) is 1.52. The Morgan fingerprint density at radius 3 is 2.07 bits per heavy atom. The summed E-state index contributed by atoms with van der Waals surface area (Å²) >= 11 is 1.95. The first-order valence-electron chi connectivity index (χ1n) is 14.3. The van der Waals surface area contributed by atoms with E-state index in [1.54, 1.807) is 54.5 Å². The molecule has 1 N–H and O–H groups in total. The van der Waals surface area contributed by atoms with E-state index in [0.717, 1.165) is 5.56 Å². The highest BCUT2D eigenvalue weighted by molar-refractivity contribution is 14.1. The number of carbonyl (C=O) groups is 1. The smallest absolute Gasteiger partial charge is 0.242 e. The standard InChI is InChI=1S/C30H33IN6O7S2/c1-20(38)36-16-14-25(15-17-36)45(39,40)27-13-12-26(31)28(29(27)46(41,42)32-18-21-4-8-23(43-2)9-5-21)30-33-35-37(34-30)19-22-6-10-24(44-3)11-7-22/h4-13,25,32H,14-19H2,1-3H3. The van der Waals surface area contributed by atoms with Crippen molar-refractivity contribution in [3.05, 3.63) is 75.4 Å². The zero-order valence-electron chi connectivity index (χ0n) is 25.4. The number of carbonyl (C=O) groups excluding carboxylic acids is 1. The molecule has 0 aliphatic carbocycles. The van der Waals surface area contributed by atoms with E-state index in [9.17, 15) is 21.6 Å². The number of benzene rings is 3. The molecule has 46 heavy (non-hydrogen) atoms. The van der Waals surface area contributed by atoms with Gasteiger partial charge in [0.25, 0.3) is 0 Å². The molecule has 0 spiro atoms. The molecule has 5 rings (SSSR count). The van der Waals surface area contributed by atoms with Crippen LogP contribution in [0, 0.1) is 3.57 Å². The van der Waals surface area contributed by atoms with E-state index in [4.69, 9.17) is 9.47 Å². The lowest BCUT2D eigenvalue weighted by Gasteiger charge is -2.31. The van der Waals surface area contributed by atoms with Gasteiger partial charge in [-0.15, -0.1) is 10.2 Å². The summed E-state index contributed by atoms with van der Waals surface area (Å²) in [7, 11) is -5.55. The van der Waals surface area contributed by atoms with Crippen molar-refractivity contribution in [1.29, 1.82) is 0 Å². The zero-order chi connectivity index (χ0) is 33.1. The Hall–Kier alpha value is -3.61. The summed E-state index contributed by atoms with van der Waals surface area (Å²) < 4.78 is 70.1. The van der Waals surface area contributed by atoms with Crippen molar-refractivity contribution in [2.75, 3.05) is 27.3 Å². The largest absolute Gasteiger partial charge is 0.497 e. The molecule has 0 bridgehead atoms. The number of tetrazole rings is 1. The maximum Gasteiger partial charge on any atom is 0.242 e. The molecule has 1 amide bonds. The Kier molecular flexibility index (Phi) is 10.3. The Bertz CT molecular complexity index is 1930. The molecule has 0 atom stereocenters. The number of rotatable bonds is 11. The third-order valence-electron chi connectivity index (χ3n) is 7.76. The van der Waals surface area contributed by atoms with E-state index in [2.05, 4.69) is 20.1 Å². The SMILES string of the molecule is COc1ccc(CNS(=O)(=O)c2c(S(=O)(=O)C3CCN(C(C)=O)CC3)ccc(I)c2-c2nnn(Cc3ccc(OC)cc3)n2)cc1. The summed E-state index contributed by atoms with van der Waals surface area (Å²) in [5.74, 6) is 1.13. The van der Waals surface area contributed by atoms with Crippen LogP contribution in [0.25, 0.3) is 11.4 Å². The van der Waals surface area contributed by atoms with Crippen molar-refractivity contribution in [3.63, 3.8) is 0 Å². The number of sulfone groups is 1. The number of hydrogen-bond acceptors (Lipinski definition) is 10. The minimum absolute atomic E-state index is 0.0334. The first-order valence-corrected chi connectivity index (χ1v) is 18.4. The maximum absolute atomic E-state index is 14.2. The van der Waals surface area contributed by atoms with Gasteiger partial charge in [0.1, 0.15) is 16.4 Å². The van der Waals surface area contributed by atoms with E-state index < -0.39 is 30.0 Å². The number of halogens is 1. The van der Waals surface area contributed by atoms with E-state index in [-0.39, 0.29) is 61.2 Å². The number of likely N-dealkylation sites (tertiary alicyclic amines) is 1. The van der Waals surface area contributed by atoms with Gasteiger partial charge in [-0.25, -0.2) is 21.6 Å². The number of sulfonamides is 1. The number of piperidine rings is 1. The number of nitrogens with one attached hydrogen (secondary N) is 1. The summed E-state index contributed by atoms with van der Waals surface area (Å²) in [5, 5.41) is 11.9. The topological polar surface area (TPSA) is 163 Å². The maximum atomic E-state index is 14.2. The van der Waals surface area contributed by atoms with Gasteiger partial charge in [-0.1, -0.05) is 24.3 Å². The minimum Gasteiger partial charge on any atom is -0.497 e. The molecular formula is C30H33IN6O7S2. The lowest BCUT2D eigenvalue weighted by Crippen LogP contribution is -2.41. The summed E-state index contributed by atoms with van der Waals surface area (Å²) in [6.07, 6.45) is 0.358. The number of amides is 1. The van der Waals surface area contributed by atoms with Crippen LogP contribution in [0.2, 0.25) is 0 Å². The van der Waals surface area contributed by atoms with Gasteiger partial charge >= 0.3 is 0 Å². The first-order chi connectivity index (χ1) is 21.9. The van der Waals surface area contributed by atoms with Gasteiger partial charge in [-0.2, -0.15) is 4.80 Å². The van der Waals surface area contributed by atoms with Gasteiger partial charge in [0.2, 0.25) is 21.8 Å². The number of ether oxygens (including phenoxy) is 2.